The summed E-state index contributed by atoms with van der Waals surface area (Å²) >= 11 is 0. The number of esters is 1. The molecule has 0 spiro atoms. The van der Waals surface area contributed by atoms with Gasteiger partial charge < -0.3 is 14.4 Å². The number of rotatable bonds is 4. The molecule has 4 unspecified atom stereocenters. The van der Waals surface area contributed by atoms with Gasteiger partial charge in [-0.05, 0) is 49.9 Å². The maximum atomic E-state index is 13.2. The normalized spacial score (nSPS) is 42.7. The highest BCUT2D eigenvalue weighted by atomic mass is 32.2. The Bertz CT molecular complexity index is 628. The van der Waals surface area contributed by atoms with E-state index in [-0.39, 0.29) is 11.3 Å². The Hall–Kier alpha value is -0.800. The molecular formula is C14H19F2O6S-. The summed E-state index contributed by atoms with van der Waals surface area (Å²) in [7, 11) is -6.11. The number of carbonyl (C=O) groups excluding carboxylic acids is 1. The van der Waals surface area contributed by atoms with Crippen molar-refractivity contribution >= 4 is 16.1 Å². The van der Waals surface area contributed by atoms with Crippen molar-refractivity contribution in [1.29, 1.82) is 0 Å². The molecule has 4 fully saturated rings. The molecule has 0 aromatic heterocycles. The number of ether oxygens (including phenoxy) is 1. The molecule has 0 aliphatic heterocycles. The van der Waals surface area contributed by atoms with Gasteiger partial charge in [-0.1, -0.05) is 6.92 Å². The Labute approximate surface area is 132 Å². The van der Waals surface area contributed by atoms with Crippen LogP contribution < -0.4 is 0 Å². The van der Waals surface area contributed by atoms with Crippen molar-refractivity contribution in [2.45, 2.75) is 56.3 Å². The fourth-order valence-electron chi connectivity index (χ4n) is 5.65. The molecule has 0 saturated heterocycles. The standard InChI is InChI=1S/C14H20F2O6S/c1-11-2-9-3-12(5-11,7-13(18,4-9)6-11)8-22-10(17)14(15,16)23(19,20)21/h9,18H,2-8H2,1H3,(H,19,20,21)/p-1. The summed E-state index contributed by atoms with van der Waals surface area (Å²) in [6.07, 6.45) is 3.85. The molecule has 23 heavy (non-hydrogen) atoms. The van der Waals surface area contributed by atoms with Crippen LogP contribution in [-0.4, -0.2) is 41.5 Å². The summed E-state index contributed by atoms with van der Waals surface area (Å²) in [6, 6.07) is 0. The Morgan fingerprint density at radius 2 is 1.96 bits per heavy atom. The molecule has 0 aromatic carbocycles. The van der Waals surface area contributed by atoms with Crippen LogP contribution in [-0.2, 0) is 19.6 Å². The topological polar surface area (TPSA) is 104 Å². The van der Waals surface area contributed by atoms with Crippen LogP contribution in [0.15, 0.2) is 0 Å². The van der Waals surface area contributed by atoms with Gasteiger partial charge in [0.2, 0.25) is 0 Å². The number of hydrogen-bond donors (Lipinski definition) is 1. The number of hydrogen-bond acceptors (Lipinski definition) is 6. The minimum Gasteiger partial charge on any atom is -0.743 e. The second-order valence-electron chi connectivity index (χ2n) is 8.09. The molecule has 9 heteroatoms. The maximum absolute atomic E-state index is 13.2. The highest BCUT2D eigenvalue weighted by Gasteiger charge is 2.62. The molecule has 4 saturated carbocycles. The lowest BCUT2D eigenvalue weighted by Gasteiger charge is -2.64. The minimum absolute atomic E-state index is 0.131. The predicted molar refractivity (Wildman–Crippen MR) is 72.3 cm³/mol. The lowest BCUT2D eigenvalue weighted by Crippen LogP contribution is -2.60. The molecule has 1 N–H and O–H groups in total. The van der Waals surface area contributed by atoms with E-state index in [0.717, 1.165) is 6.42 Å². The van der Waals surface area contributed by atoms with Crippen molar-refractivity contribution in [3.05, 3.63) is 0 Å². The molecule has 4 rings (SSSR count). The Morgan fingerprint density at radius 3 is 2.48 bits per heavy atom. The van der Waals surface area contributed by atoms with Gasteiger partial charge in [0.25, 0.3) is 0 Å². The molecule has 4 atom stereocenters. The van der Waals surface area contributed by atoms with Crippen molar-refractivity contribution < 1.29 is 36.4 Å². The zero-order chi connectivity index (χ0) is 17.3. The van der Waals surface area contributed by atoms with E-state index in [1.54, 1.807) is 0 Å². The van der Waals surface area contributed by atoms with Crippen molar-refractivity contribution in [2.75, 3.05) is 6.61 Å². The first-order valence-corrected chi connectivity index (χ1v) is 8.92. The number of carbonyl (C=O) groups is 1. The van der Waals surface area contributed by atoms with Gasteiger partial charge in [0.05, 0.1) is 12.2 Å². The van der Waals surface area contributed by atoms with E-state index in [1.165, 1.54) is 0 Å². The van der Waals surface area contributed by atoms with Crippen molar-refractivity contribution in [3.63, 3.8) is 0 Å². The molecule has 132 valence electrons. The SMILES string of the molecule is CC12CC3CC(O)(C1)CC(COC(=O)C(F)(F)S(=O)(=O)[O-])(C3)C2. The molecule has 4 aliphatic carbocycles. The summed E-state index contributed by atoms with van der Waals surface area (Å²) in [5.41, 5.74) is -1.64. The lowest BCUT2D eigenvalue weighted by molar-refractivity contribution is -0.214. The minimum atomic E-state index is -6.11. The third-order valence-corrected chi connectivity index (χ3v) is 6.29. The molecule has 0 aromatic rings. The zero-order valence-electron chi connectivity index (χ0n) is 12.7. The van der Waals surface area contributed by atoms with Gasteiger partial charge >= 0.3 is 11.2 Å². The number of aliphatic hydroxyl groups is 1. The van der Waals surface area contributed by atoms with Gasteiger partial charge in [-0.25, -0.2) is 13.2 Å². The smallest absolute Gasteiger partial charge is 0.428 e. The summed E-state index contributed by atoms with van der Waals surface area (Å²) in [5, 5.41) is 5.57. The van der Waals surface area contributed by atoms with Crippen LogP contribution in [0.4, 0.5) is 8.78 Å². The van der Waals surface area contributed by atoms with Gasteiger partial charge in [-0.15, -0.1) is 0 Å². The molecule has 4 bridgehead atoms. The third-order valence-electron chi connectivity index (χ3n) is 5.49. The fraction of sp³-hybridized carbons (Fsp3) is 0.929. The summed E-state index contributed by atoms with van der Waals surface area (Å²) in [6.45, 7) is 1.63. The largest absolute Gasteiger partial charge is 0.743 e. The molecule has 0 heterocycles. The van der Waals surface area contributed by atoms with E-state index in [9.17, 15) is 31.7 Å². The Kier molecular flexibility index (Phi) is 3.43. The van der Waals surface area contributed by atoms with Gasteiger partial charge in [0.15, 0.2) is 10.1 Å². The molecule has 0 radical (unpaired) electrons. The van der Waals surface area contributed by atoms with Crippen LogP contribution in [0.5, 0.6) is 0 Å². The average Bonchev–Trinajstić information content (AvgIpc) is 2.29. The molecule has 6 nitrogen and oxygen atoms in total. The zero-order valence-corrected chi connectivity index (χ0v) is 13.5. The lowest BCUT2D eigenvalue weighted by atomic mass is 9.43. The third kappa shape index (κ3) is 2.76. The first-order chi connectivity index (χ1) is 10.3. The van der Waals surface area contributed by atoms with Crippen LogP contribution in [0.2, 0.25) is 0 Å². The average molecular weight is 353 g/mol. The van der Waals surface area contributed by atoms with Gasteiger partial charge in [0, 0.05) is 5.41 Å². The van der Waals surface area contributed by atoms with Crippen molar-refractivity contribution in [3.8, 4) is 0 Å². The number of alkyl halides is 2. The van der Waals surface area contributed by atoms with Gasteiger partial charge in [-0.3, -0.25) is 0 Å². The van der Waals surface area contributed by atoms with Crippen LogP contribution in [0.1, 0.15) is 45.4 Å². The Balaban J connectivity index is 1.75. The highest BCUT2D eigenvalue weighted by Crippen LogP contribution is 2.66. The first kappa shape index (κ1) is 17.0. The predicted octanol–water partition coefficient (Wildman–Crippen LogP) is 1.39. The van der Waals surface area contributed by atoms with Crippen LogP contribution >= 0.6 is 0 Å². The van der Waals surface area contributed by atoms with Crippen molar-refractivity contribution in [2.24, 2.45) is 16.7 Å². The molecule has 0 amide bonds. The van der Waals surface area contributed by atoms with Crippen molar-refractivity contribution in [1.82, 2.24) is 0 Å². The van der Waals surface area contributed by atoms with Crippen LogP contribution in [0.25, 0.3) is 0 Å². The quantitative estimate of drug-likeness (QED) is 0.605. The number of halogens is 2. The van der Waals surface area contributed by atoms with Crippen LogP contribution in [0, 0.1) is 16.7 Å². The summed E-state index contributed by atoms with van der Waals surface area (Å²) < 4.78 is 62.4. The summed E-state index contributed by atoms with van der Waals surface area (Å²) in [4.78, 5) is 11.4. The second kappa shape index (κ2) is 4.64. The van der Waals surface area contributed by atoms with Gasteiger partial charge in [-0.2, -0.15) is 8.78 Å². The monoisotopic (exact) mass is 353 g/mol. The Morgan fingerprint density at radius 1 is 1.30 bits per heavy atom. The molecule has 4 aliphatic rings. The van der Waals surface area contributed by atoms with E-state index in [0.29, 0.717) is 32.1 Å². The van der Waals surface area contributed by atoms with E-state index >= 15 is 0 Å². The second-order valence-corrected chi connectivity index (χ2v) is 9.51. The highest BCUT2D eigenvalue weighted by molar-refractivity contribution is 7.87. The molecular weight excluding hydrogens is 334 g/mol. The maximum Gasteiger partial charge on any atom is 0.428 e. The van der Waals surface area contributed by atoms with E-state index < -0.39 is 39.0 Å². The fourth-order valence-corrected chi connectivity index (χ4v) is 5.91. The van der Waals surface area contributed by atoms with Gasteiger partial charge in [0.1, 0.15) is 0 Å². The van der Waals surface area contributed by atoms with Crippen LogP contribution in [0.3, 0.4) is 0 Å². The van der Waals surface area contributed by atoms with E-state index in [4.69, 9.17) is 0 Å². The van der Waals surface area contributed by atoms with E-state index in [2.05, 4.69) is 4.74 Å². The summed E-state index contributed by atoms with van der Waals surface area (Å²) in [5.74, 6) is -2.09. The first-order valence-electron chi connectivity index (χ1n) is 7.51. The van der Waals surface area contributed by atoms with E-state index in [1.807, 2.05) is 6.92 Å².